The van der Waals surface area contributed by atoms with E-state index in [9.17, 15) is 0 Å². The Hall–Kier alpha value is 0.250. The second kappa shape index (κ2) is 3.59. The van der Waals surface area contributed by atoms with Gasteiger partial charge in [-0.25, -0.2) is 0 Å². The van der Waals surface area contributed by atoms with Crippen molar-refractivity contribution in [1.82, 2.24) is 0 Å². The molecule has 0 aromatic heterocycles. The minimum absolute atomic E-state index is 0.0336. The molecule has 1 unspecified atom stereocenters. The summed E-state index contributed by atoms with van der Waals surface area (Å²) in [5, 5.41) is 0. The molecule has 0 aromatic carbocycles. The Bertz CT molecular complexity index is 93.9. The van der Waals surface area contributed by atoms with Crippen LogP contribution in [-0.4, -0.2) is 11.7 Å². The first-order valence-electron chi connectivity index (χ1n) is 3.63. The maximum Gasteiger partial charge on any atom is 0.136 e. The molecule has 62 valence electrons. The van der Waals surface area contributed by atoms with Crippen LogP contribution in [0.5, 0.6) is 0 Å². The van der Waals surface area contributed by atoms with E-state index < -0.39 is 0 Å². The zero-order chi connectivity index (χ0) is 8.36. The Morgan fingerprint density at radius 3 is 1.70 bits per heavy atom. The Labute approximate surface area is 68.7 Å². The fraction of sp³-hybridized carbons (Fsp3) is 1.00. The smallest absolute Gasteiger partial charge is 0.136 e. The van der Waals surface area contributed by atoms with Crippen molar-refractivity contribution in [2.75, 3.05) is 0 Å². The molecular weight excluding hydrogens is 148 g/mol. The summed E-state index contributed by atoms with van der Waals surface area (Å²) in [6.45, 7) is 10.2. The molecule has 2 heteroatoms. The van der Waals surface area contributed by atoms with Crippen molar-refractivity contribution < 1.29 is 4.74 Å². The molecule has 0 aliphatic carbocycles. The van der Waals surface area contributed by atoms with Gasteiger partial charge in [-0.15, -0.1) is 0 Å². The highest BCUT2D eigenvalue weighted by Crippen LogP contribution is 2.26. The minimum Gasteiger partial charge on any atom is -0.359 e. The molecule has 0 aliphatic rings. The van der Waals surface area contributed by atoms with Crippen molar-refractivity contribution in [3.05, 3.63) is 0 Å². The average Bonchev–Trinajstić information content (AvgIpc) is 1.60. The lowest BCUT2D eigenvalue weighted by Crippen LogP contribution is -2.26. The average molecular weight is 165 g/mol. The predicted octanol–water partition coefficient (Wildman–Crippen LogP) is 3.02. The van der Waals surface area contributed by atoms with Crippen molar-refractivity contribution >= 4 is 11.6 Å². The largest absolute Gasteiger partial charge is 0.359 e. The van der Waals surface area contributed by atoms with Crippen LogP contribution in [0, 0.1) is 5.41 Å². The molecule has 0 bridgehead atoms. The molecule has 0 N–H and O–H groups in total. The monoisotopic (exact) mass is 164 g/mol. The Morgan fingerprint density at radius 1 is 1.20 bits per heavy atom. The van der Waals surface area contributed by atoms with Crippen molar-refractivity contribution in [2.45, 2.75) is 46.3 Å². The fourth-order valence-corrected chi connectivity index (χ4v) is 0.649. The van der Waals surface area contributed by atoms with Crippen LogP contribution in [-0.2, 0) is 4.74 Å². The molecule has 0 radical (unpaired) electrons. The number of hydrogen-bond donors (Lipinski definition) is 0. The van der Waals surface area contributed by atoms with Crippen LogP contribution in [0.15, 0.2) is 0 Å². The summed E-state index contributed by atoms with van der Waals surface area (Å²) < 4.78 is 5.38. The van der Waals surface area contributed by atoms with Crippen molar-refractivity contribution in [1.29, 1.82) is 0 Å². The second-order valence-electron chi connectivity index (χ2n) is 3.87. The van der Waals surface area contributed by atoms with Gasteiger partial charge in [-0.2, -0.15) is 0 Å². The van der Waals surface area contributed by atoms with Gasteiger partial charge in [0, 0.05) is 5.41 Å². The predicted molar refractivity (Wildman–Crippen MR) is 45.3 cm³/mol. The van der Waals surface area contributed by atoms with Crippen LogP contribution in [0.25, 0.3) is 0 Å². The Kier molecular flexibility index (Phi) is 3.68. The maximum absolute atomic E-state index is 5.93. The van der Waals surface area contributed by atoms with Gasteiger partial charge in [-0.05, 0) is 13.8 Å². The molecular formula is C8H17ClO. The van der Waals surface area contributed by atoms with Crippen LogP contribution >= 0.6 is 11.6 Å². The molecule has 1 nitrogen and oxygen atoms in total. The van der Waals surface area contributed by atoms with Gasteiger partial charge in [0.2, 0.25) is 0 Å². The summed E-state index contributed by atoms with van der Waals surface area (Å²) in [6, 6.07) is 0. The molecule has 0 aromatic rings. The van der Waals surface area contributed by atoms with Gasteiger partial charge in [0.25, 0.3) is 0 Å². The first-order chi connectivity index (χ1) is 4.34. The van der Waals surface area contributed by atoms with E-state index in [1.54, 1.807) is 0 Å². The van der Waals surface area contributed by atoms with Crippen molar-refractivity contribution in [3.8, 4) is 0 Å². The van der Waals surface area contributed by atoms with Gasteiger partial charge < -0.3 is 4.74 Å². The highest BCUT2D eigenvalue weighted by atomic mass is 35.5. The zero-order valence-electron chi connectivity index (χ0n) is 7.44. The Balaban J connectivity index is 3.73. The quantitative estimate of drug-likeness (QED) is 0.571. The van der Waals surface area contributed by atoms with Crippen LogP contribution < -0.4 is 0 Å². The zero-order valence-corrected chi connectivity index (χ0v) is 8.20. The summed E-state index contributed by atoms with van der Waals surface area (Å²) in [6.07, 6.45) is 0.210. The lowest BCUT2D eigenvalue weighted by atomic mass is 9.98. The summed E-state index contributed by atoms with van der Waals surface area (Å²) in [4.78, 5) is 0. The molecule has 10 heavy (non-hydrogen) atoms. The first kappa shape index (κ1) is 10.2. The standard InChI is InChI=1S/C8H17ClO/c1-6(2)10-7(9)8(3,4)5/h6-7H,1-5H3. The van der Waals surface area contributed by atoms with Crippen LogP contribution in [0.2, 0.25) is 0 Å². The SMILES string of the molecule is CC(C)OC(Cl)C(C)(C)C. The second-order valence-corrected chi connectivity index (χ2v) is 4.26. The number of ether oxygens (including phenoxy) is 1. The molecule has 0 rings (SSSR count). The number of halogens is 1. The summed E-state index contributed by atoms with van der Waals surface area (Å²) in [5.74, 6) is 0. The molecule has 0 amide bonds. The first-order valence-corrected chi connectivity index (χ1v) is 4.07. The third-order valence-corrected chi connectivity index (χ3v) is 1.83. The topological polar surface area (TPSA) is 9.23 Å². The molecule has 0 spiro atoms. The van der Waals surface area contributed by atoms with Crippen molar-refractivity contribution in [3.63, 3.8) is 0 Å². The number of alkyl halides is 1. The molecule has 0 aliphatic heterocycles. The maximum atomic E-state index is 5.93. The van der Waals surface area contributed by atoms with E-state index in [1.165, 1.54) is 0 Å². The van der Waals surface area contributed by atoms with E-state index in [2.05, 4.69) is 20.8 Å². The lowest BCUT2D eigenvalue weighted by Gasteiger charge is -2.26. The third-order valence-electron chi connectivity index (χ3n) is 1.07. The molecule has 0 saturated carbocycles. The van der Waals surface area contributed by atoms with Gasteiger partial charge in [-0.3, -0.25) is 0 Å². The summed E-state index contributed by atoms with van der Waals surface area (Å²) >= 11 is 5.93. The van der Waals surface area contributed by atoms with Gasteiger partial charge in [0.15, 0.2) is 0 Å². The van der Waals surface area contributed by atoms with E-state index >= 15 is 0 Å². The van der Waals surface area contributed by atoms with E-state index in [1.807, 2.05) is 13.8 Å². The third kappa shape index (κ3) is 4.13. The van der Waals surface area contributed by atoms with Crippen LogP contribution in [0.1, 0.15) is 34.6 Å². The summed E-state index contributed by atoms with van der Waals surface area (Å²) in [7, 11) is 0. The van der Waals surface area contributed by atoms with Gasteiger partial charge in [-0.1, -0.05) is 32.4 Å². The molecule has 1 atom stereocenters. The van der Waals surface area contributed by atoms with Crippen LogP contribution in [0.3, 0.4) is 0 Å². The molecule has 0 fully saturated rings. The fourth-order valence-electron chi connectivity index (χ4n) is 0.443. The van der Waals surface area contributed by atoms with Gasteiger partial charge in [0.1, 0.15) is 5.56 Å². The number of hydrogen-bond acceptors (Lipinski definition) is 1. The highest BCUT2D eigenvalue weighted by Gasteiger charge is 2.23. The van der Waals surface area contributed by atoms with E-state index in [0.29, 0.717) is 0 Å². The van der Waals surface area contributed by atoms with E-state index in [4.69, 9.17) is 16.3 Å². The minimum atomic E-state index is -0.188. The van der Waals surface area contributed by atoms with E-state index in [0.717, 1.165) is 0 Å². The van der Waals surface area contributed by atoms with Crippen LogP contribution in [0.4, 0.5) is 0 Å². The number of rotatable bonds is 2. The lowest BCUT2D eigenvalue weighted by molar-refractivity contribution is -0.00108. The molecule has 0 saturated heterocycles. The Morgan fingerprint density at radius 2 is 1.60 bits per heavy atom. The molecule has 0 heterocycles. The highest BCUT2D eigenvalue weighted by molar-refractivity contribution is 6.20. The normalized spacial score (nSPS) is 15.9. The van der Waals surface area contributed by atoms with Crippen molar-refractivity contribution in [2.24, 2.45) is 5.41 Å². The summed E-state index contributed by atoms with van der Waals surface area (Å²) in [5.41, 5.74) is -0.154. The van der Waals surface area contributed by atoms with E-state index in [-0.39, 0.29) is 17.1 Å². The van der Waals surface area contributed by atoms with Gasteiger partial charge in [0.05, 0.1) is 6.10 Å². The van der Waals surface area contributed by atoms with Gasteiger partial charge >= 0.3 is 0 Å².